The normalized spacial score (nSPS) is 17.5. The highest BCUT2D eigenvalue weighted by atomic mass is 15.2. The van der Waals surface area contributed by atoms with E-state index in [1.165, 1.54) is 18.5 Å². The first kappa shape index (κ1) is 12.6. The van der Waals surface area contributed by atoms with Gasteiger partial charge in [-0.15, -0.1) is 0 Å². The van der Waals surface area contributed by atoms with Gasteiger partial charge in [0, 0.05) is 31.0 Å². The molecule has 4 nitrogen and oxygen atoms in total. The second-order valence-electron chi connectivity index (χ2n) is 5.93. The monoisotopic (exact) mass is 258 g/mol. The maximum absolute atomic E-state index is 4.38. The molecule has 0 amide bonds. The summed E-state index contributed by atoms with van der Waals surface area (Å²) in [4.78, 5) is 11.3. The smallest absolute Gasteiger partial charge is 0.233 e. The molecule has 0 N–H and O–H groups in total. The molecule has 19 heavy (non-hydrogen) atoms. The first-order valence-corrected chi connectivity index (χ1v) is 7.19. The largest absolute Gasteiger partial charge is 0.292 e. The van der Waals surface area contributed by atoms with Crippen molar-refractivity contribution in [2.45, 2.75) is 52.2 Å². The lowest BCUT2D eigenvalue weighted by molar-refractivity contribution is 0.148. The zero-order valence-electron chi connectivity index (χ0n) is 12.0. The lowest BCUT2D eigenvalue weighted by Crippen LogP contribution is -2.38. The predicted molar refractivity (Wildman–Crippen MR) is 75.9 cm³/mol. The van der Waals surface area contributed by atoms with Crippen molar-refractivity contribution in [3.63, 3.8) is 0 Å². The molecule has 1 fully saturated rings. The third-order valence-electron chi connectivity index (χ3n) is 4.21. The molecule has 1 unspecified atom stereocenters. The van der Waals surface area contributed by atoms with Crippen molar-refractivity contribution in [2.75, 3.05) is 0 Å². The van der Waals surface area contributed by atoms with Gasteiger partial charge in [-0.1, -0.05) is 13.8 Å². The molecule has 1 aliphatic carbocycles. The molecule has 2 aromatic rings. The van der Waals surface area contributed by atoms with Gasteiger partial charge in [0.2, 0.25) is 5.78 Å². The van der Waals surface area contributed by atoms with Crippen LogP contribution in [-0.4, -0.2) is 31.4 Å². The van der Waals surface area contributed by atoms with Gasteiger partial charge in [-0.2, -0.15) is 0 Å². The number of aromatic nitrogens is 3. The lowest BCUT2D eigenvalue weighted by atomic mass is 10.0. The highest BCUT2D eigenvalue weighted by Gasteiger charge is 2.33. The molecule has 0 saturated heterocycles. The van der Waals surface area contributed by atoms with E-state index in [1.54, 1.807) is 6.20 Å². The Morgan fingerprint density at radius 3 is 2.79 bits per heavy atom. The summed E-state index contributed by atoms with van der Waals surface area (Å²) < 4.78 is 2.10. The summed E-state index contributed by atoms with van der Waals surface area (Å²) in [5, 5.41) is 0. The van der Waals surface area contributed by atoms with Gasteiger partial charge >= 0.3 is 0 Å². The van der Waals surface area contributed by atoms with Crippen LogP contribution in [0.3, 0.4) is 0 Å². The minimum absolute atomic E-state index is 0.606. The average molecular weight is 258 g/mol. The second kappa shape index (κ2) is 4.93. The molecule has 102 valence electrons. The summed E-state index contributed by atoms with van der Waals surface area (Å²) in [5.74, 6) is 1.48. The number of hydrogen-bond donors (Lipinski definition) is 0. The highest BCUT2D eigenvalue weighted by Crippen LogP contribution is 2.32. The van der Waals surface area contributed by atoms with Crippen LogP contribution in [0.4, 0.5) is 0 Å². The lowest BCUT2D eigenvalue weighted by Gasteiger charge is -2.31. The highest BCUT2D eigenvalue weighted by molar-refractivity contribution is 5.30. The van der Waals surface area contributed by atoms with Crippen molar-refractivity contribution in [3.8, 4) is 0 Å². The molecule has 0 aromatic carbocycles. The zero-order chi connectivity index (χ0) is 13.4. The Balaban J connectivity index is 1.85. The Labute approximate surface area is 114 Å². The van der Waals surface area contributed by atoms with E-state index in [4.69, 9.17) is 0 Å². The maximum Gasteiger partial charge on any atom is 0.233 e. The minimum Gasteiger partial charge on any atom is -0.292 e. The molecule has 0 bridgehead atoms. The van der Waals surface area contributed by atoms with Crippen LogP contribution in [0.1, 0.15) is 39.3 Å². The van der Waals surface area contributed by atoms with Crippen molar-refractivity contribution in [1.29, 1.82) is 0 Å². The molecular weight excluding hydrogens is 236 g/mol. The van der Waals surface area contributed by atoms with Crippen molar-refractivity contribution in [2.24, 2.45) is 5.92 Å². The molecular formula is C15H22N4. The topological polar surface area (TPSA) is 33.4 Å². The summed E-state index contributed by atoms with van der Waals surface area (Å²) in [6.45, 7) is 7.91. The predicted octanol–water partition coefficient (Wildman–Crippen LogP) is 2.74. The molecule has 1 atom stereocenters. The second-order valence-corrected chi connectivity index (χ2v) is 5.93. The third-order valence-corrected chi connectivity index (χ3v) is 4.21. The van der Waals surface area contributed by atoms with Gasteiger partial charge in [0.25, 0.3) is 0 Å². The number of hydrogen-bond acceptors (Lipinski definition) is 3. The number of fused-ring (bicyclic) bond motifs is 1. The Bertz CT molecular complexity index is 556. The molecule has 3 rings (SSSR count). The molecule has 2 heterocycles. The van der Waals surface area contributed by atoms with Gasteiger partial charge < -0.3 is 0 Å². The SMILES string of the molecule is CC(C)C(C)N(Cc1cnc2ncccn12)C1CC1. The average Bonchev–Trinajstić information content (AvgIpc) is 3.17. The molecule has 2 aromatic heterocycles. The molecule has 0 radical (unpaired) electrons. The van der Waals surface area contributed by atoms with E-state index in [2.05, 4.69) is 46.2 Å². The van der Waals surface area contributed by atoms with E-state index in [-0.39, 0.29) is 0 Å². The van der Waals surface area contributed by atoms with Gasteiger partial charge in [-0.25, -0.2) is 9.97 Å². The van der Waals surface area contributed by atoms with Crippen LogP contribution in [-0.2, 0) is 6.54 Å². The van der Waals surface area contributed by atoms with E-state index in [9.17, 15) is 0 Å². The Morgan fingerprint density at radius 1 is 1.32 bits per heavy atom. The summed E-state index contributed by atoms with van der Waals surface area (Å²) in [6, 6.07) is 3.33. The molecule has 0 aliphatic heterocycles. The van der Waals surface area contributed by atoms with Crippen molar-refractivity contribution >= 4 is 5.78 Å². The maximum atomic E-state index is 4.38. The molecule has 1 aliphatic rings. The Hall–Kier alpha value is -1.42. The van der Waals surface area contributed by atoms with Gasteiger partial charge in [0.05, 0.1) is 11.9 Å². The van der Waals surface area contributed by atoms with Crippen LogP contribution in [0.25, 0.3) is 5.78 Å². The fraction of sp³-hybridized carbons (Fsp3) is 0.600. The van der Waals surface area contributed by atoms with E-state index >= 15 is 0 Å². The summed E-state index contributed by atoms with van der Waals surface area (Å²) in [7, 11) is 0. The fourth-order valence-electron chi connectivity index (χ4n) is 2.58. The summed E-state index contributed by atoms with van der Waals surface area (Å²) in [6.07, 6.45) is 8.49. The third kappa shape index (κ3) is 2.50. The van der Waals surface area contributed by atoms with E-state index < -0.39 is 0 Å². The van der Waals surface area contributed by atoms with Crippen LogP contribution >= 0.6 is 0 Å². The first-order chi connectivity index (χ1) is 9.16. The fourth-order valence-corrected chi connectivity index (χ4v) is 2.58. The number of nitrogens with zero attached hydrogens (tertiary/aromatic N) is 4. The van der Waals surface area contributed by atoms with Gasteiger partial charge in [-0.05, 0) is 31.7 Å². The van der Waals surface area contributed by atoms with E-state index in [0.29, 0.717) is 12.0 Å². The minimum atomic E-state index is 0.606. The first-order valence-electron chi connectivity index (χ1n) is 7.19. The number of rotatable bonds is 5. The van der Waals surface area contributed by atoms with Gasteiger partial charge in [0.1, 0.15) is 0 Å². The van der Waals surface area contributed by atoms with Crippen LogP contribution < -0.4 is 0 Å². The molecule has 4 heteroatoms. The van der Waals surface area contributed by atoms with E-state index in [1.807, 2.05) is 12.3 Å². The van der Waals surface area contributed by atoms with Crippen LogP contribution in [0.5, 0.6) is 0 Å². The van der Waals surface area contributed by atoms with Crippen LogP contribution in [0.2, 0.25) is 0 Å². The van der Waals surface area contributed by atoms with Crippen LogP contribution in [0.15, 0.2) is 24.7 Å². The van der Waals surface area contributed by atoms with Crippen molar-refractivity contribution < 1.29 is 0 Å². The van der Waals surface area contributed by atoms with Crippen molar-refractivity contribution in [1.82, 2.24) is 19.3 Å². The van der Waals surface area contributed by atoms with Crippen LogP contribution in [0, 0.1) is 5.92 Å². The van der Waals surface area contributed by atoms with E-state index in [0.717, 1.165) is 18.4 Å². The van der Waals surface area contributed by atoms with Crippen molar-refractivity contribution in [3.05, 3.63) is 30.4 Å². The Kier molecular flexibility index (Phi) is 3.27. The summed E-state index contributed by atoms with van der Waals surface area (Å²) >= 11 is 0. The van der Waals surface area contributed by atoms with Gasteiger partial charge in [0.15, 0.2) is 0 Å². The Morgan fingerprint density at radius 2 is 2.11 bits per heavy atom. The van der Waals surface area contributed by atoms with Gasteiger partial charge in [-0.3, -0.25) is 9.30 Å². The standard InChI is InChI=1S/C15H22N4/c1-11(2)12(3)19(13-5-6-13)10-14-9-17-15-16-7-4-8-18(14)15/h4,7-9,11-13H,5-6,10H2,1-3H3. The zero-order valence-corrected chi connectivity index (χ0v) is 12.0. The number of imidazole rings is 1. The molecule has 0 spiro atoms. The quantitative estimate of drug-likeness (QED) is 0.827. The molecule has 1 saturated carbocycles. The summed E-state index contributed by atoms with van der Waals surface area (Å²) in [5.41, 5.74) is 1.24.